The highest BCUT2D eigenvalue weighted by Gasteiger charge is 2.17. The summed E-state index contributed by atoms with van der Waals surface area (Å²) in [6, 6.07) is 4.92. The van der Waals surface area contributed by atoms with Crippen molar-refractivity contribution in [3.05, 3.63) is 23.9 Å². The minimum absolute atomic E-state index is 0.105. The van der Waals surface area contributed by atoms with E-state index in [4.69, 9.17) is 10.0 Å². The number of aromatic hydroxyl groups is 1. The summed E-state index contributed by atoms with van der Waals surface area (Å²) in [5, 5.41) is 28.2. The first-order valence-electron chi connectivity index (χ1n) is 4.26. The molecule has 0 atom stereocenters. The summed E-state index contributed by atoms with van der Waals surface area (Å²) < 4.78 is 0. The normalized spacial score (nSPS) is 10.8. The van der Waals surface area contributed by atoms with Crippen molar-refractivity contribution in [3.63, 3.8) is 0 Å². The second kappa shape index (κ2) is 3.04. The van der Waals surface area contributed by atoms with Crippen molar-refractivity contribution in [1.29, 1.82) is 0 Å². The van der Waals surface area contributed by atoms with Crippen LogP contribution >= 0.6 is 0 Å². The van der Waals surface area contributed by atoms with E-state index in [0.717, 1.165) is 16.6 Å². The molecule has 0 saturated heterocycles. The molecule has 0 aliphatic heterocycles. The van der Waals surface area contributed by atoms with Gasteiger partial charge in [0.1, 0.15) is 5.75 Å². The molecule has 1 aromatic carbocycles. The minimum Gasteiger partial charge on any atom is -0.508 e. The van der Waals surface area contributed by atoms with E-state index in [1.165, 1.54) is 12.1 Å². The number of aryl methyl sites for hydroxylation is 1. The third-order valence-corrected chi connectivity index (χ3v) is 2.18. The summed E-state index contributed by atoms with van der Waals surface area (Å²) >= 11 is 0. The second-order valence-electron chi connectivity index (χ2n) is 3.32. The summed E-state index contributed by atoms with van der Waals surface area (Å²) in [6.45, 7) is 1.89. The summed E-state index contributed by atoms with van der Waals surface area (Å²) in [6.07, 6.45) is 0. The molecule has 0 radical (unpaired) electrons. The molecule has 0 aliphatic carbocycles. The topological polar surface area (TPSA) is 76.5 Å². The van der Waals surface area contributed by atoms with Gasteiger partial charge in [-0.25, -0.2) is 0 Å². The van der Waals surface area contributed by atoms with Crippen LogP contribution < -0.4 is 5.46 Å². The number of hydrogen-bond acceptors (Lipinski definition) is 3. The van der Waals surface area contributed by atoms with Gasteiger partial charge in [-0.15, -0.1) is 0 Å². The van der Waals surface area contributed by atoms with Crippen LogP contribution in [0.25, 0.3) is 10.9 Å². The van der Waals surface area contributed by atoms with Gasteiger partial charge in [-0.05, 0) is 25.1 Å². The first kappa shape index (κ1) is 9.11. The zero-order chi connectivity index (χ0) is 10.3. The van der Waals surface area contributed by atoms with Crippen LogP contribution in [0.4, 0.5) is 0 Å². The van der Waals surface area contributed by atoms with Gasteiger partial charge >= 0.3 is 7.12 Å². The van der Waals surface area contributed by atoms with E-state index in [2.05, 4.69) is 4.98 Å². The Morgan fingerprint density at radius 3 is 2.57 bits per heavy atom. The molecule has 0 bridgehead atoms. The fraction of sp³-hybridized carbons (Fsp3) is 0.111. The number of aromatic amines is 1. The number of H-pyrrole nitrogens is 1. The minimum atomic E-state index is -1.65. The maximum Gasteiger partial charge on any atom is 0.492 e. The van der Waals surface area contributed by atoms with Crippen molar-refractivity contribution in [2.75, 3.05) is 0 Å². The second-order valence-corrected chi connectivity index (χ2v) is 3.32. The van der Waals surface area contributed by atoms with Crippen molar-refractivity contribution in [2.24, 2.45) is 0 Å². The number of aromatic nitrogens is 1. The van der Waals surface area contributed by atoms with Crippen molar-refractivity contribution in [3.8, 4) is 5.75 Å². The Bertz CT molecular complexity index is 478. The van der Waals surface area contributed by atoms with E-state index >= 15 is 0 Å². The number of fused-ring (bicyclic) bond motifs is 1. The van der Waals surface area contributed by atoms with Crippen molar-refractivity contribution in [2.45, 2.75) is 6.92 Å². The maximum absolute atomic E-state index is 9.45. The van der Waals surface area contributed by atoms with Gasteiger partial charge in [0.2, 0.25) is 0 Å². The predicted molar refractivity (Wildman–Crippen MR) is 54.5 cm³/mol. The van der Waals surface area contributed by atoms with Gasteiger partial charge in [-0.2, -0.15) is 0 Å². The first-order chi connectivity index (χ1) is 6.58. The Morgan fingerprint density at radius 1 is 1.21 bits per heavy atom. The molecule has 14 heavy (non-hydrogen) atoms. The molecule has 2 aromatic rings. The van der Waals surface area contributed by atoms with Gasteiger partial charge in [0.25, 0.3) is 0 Å². The first-order valence-corrected chi connectivity index (χ1v) is 4.26. The van der Waals surface area contributed by atoms with Crippen molar-refractivity contribution >= 4 is 23.5 Å². The SMILES string of the molecule is Cc1cc2cc(O)c(B(O)O)cc2[nH]1. The number of benzene rings is 1. The lowest BCUT2D eigenvalue weighted by Crippen LogP contribution is -2.29. The highest BCUT2D eigenvalue weighted by Crippen LogP contribution is 2.18. The molecule has 72 valence electrons. The molecular weight excluding hydrogens is 181 g/mol. The standard InChI is InChI=1S/C9H10BNO3/c1-5-2-6-3-9(12)7(10(13)14)4-8(6)11-5/h2-4,11-14H,1H3. The van der Waals surface area contributed by atoms with Crippen molar-refractivity contribution < 1.29 is 15.2 Å². The summed E-state index contributed by atoms with van der Waals surface area (Å²) in [5.74, 6) is -0.105. The smallest absolute Gasteiger partial charge is 0.492 e. The lowest BCUT2D eigenvalue weighted by atomic mass is 9.79. The Hall–Kier alpha value is -1.46. The Balaban J connectivity index is 2.70. The van der Waals surface area contributed by atoms with Crippen LogP contribution in [0.1, 0.15) is 5.69 Å². The van der Waals surface area contributed by atoms with Gasteiger partial charge in [0, 0.05) is 22.1 Å². The van der Waals surface area contributed by atoms with Crippen LogP contribution in [0.15, 0.2) is 18.2 Å². The molecule has 0 unspecified atom stereocenters. The average Bonchev–Trinajstić information content (AvgIpc) is 2.42. The maximum atomic E-state index is 9.45. The van der Waals surface area contributed by atoms with Crippen LogP contribution in [0.2, 0.25) is 0 Å². The summed E-state index contributed by atoms with van der Waals surface area (Å²) in [5.41, 5.74) is 1.85. The fourth-order valence-electron chi connectivity index (χ4n) is 1.54. The molecule has 0 aliphatic rings. The quantitative estimate of drug-likeness (QED) is 0.474. The fourth-order valence-corrected chi connectivity index (χ4v) is 1.54. The van der Waals surface area contributed by atoms with Gasteiger partial charge in [0.05, 0.1) is 0 Å². The third kappa shape index (κ3) is 1.36. The van der Waals surface area contributed by atoms with Crippen LogP contribution in [-0.2, 0) is 0 Å². The lowest BCUT2D eigenvalue weighted by Gasteiger charge is -2.02. The number of phenols is 1. The molecule has 4 nitrogen and oxygen atoms in total. The summed E-state index contributed by atoms with van der Waals surface area (Å²) in [7, 11) is -1.65. The highest BCUT2D eigenvalue weighted by molar-refractivity contribution is 6.60. The molecule has 0 fully saturated rings. The highest BCUT2D eigenvalue weighted by atomic mass is 16.4. The molecule has 5 heteroatoms. The number of rotatable bonds is 1. The van der Waals surface area contributed by atoms with E-state index in [0.29, 0.717) is 0 Å². The van der Waals surface area contributed by atoms with E-state index in [9.17, 15) is 5.11 Å². The van der Waals surface area contributed by atoms with E-state index < -0.39 is 7.12 Å². The van der Waals surface area contributed by atoms with E-state index in [1.807, 2.05) is 13.0 Å². The Labute approximate surface area is 81.0 Å². The zero-order valence-corrected chi connectivity index (χ0v) is 7.65. The lowest BCUT2D eigenvalue weighted by molar-refractivity contribution is 0.420. The molecule has 4 N–H and O–H groups in total. The van der Waals surface area contributed by atoms with E-state index in [-0.39, 0.29) is 11.2 Å². The van der Waals surface area contributed by atoms with Gasteiger partial charge in [-0.3, -0.25) is 0 Å². The van der Waals surface area contributed by atoms with Gasteiger partial charge in [-0.1, -0.05) is 0 Å². The van der Waals surface area contributed by atoms with E-state index in [1.54, 1.807) is 0 Å². The van der Waals surface area contributed by atoms with Crippen LogP contribution in [-0.4, -0.2) is 27.3 Å². The molecule has 0 spiro atoms. The predicted octanol–water partition coefficient (Wildman–Crippen LogP) is -0.138. The Morgan fingerprint density at radius 2 is 1.93 bits per heavy atom. The number of phenolic OH excluding ortho intramolecular Hbond substituents is 1. The number of nitrogens with one attached hydrogen (secondary N) is 1. The van der Waals surface area contributed by atoms with Crippen molar-refractivity contribution in [1.82, 2.24) is 4.98 Å². The van der Waals surface area contributed by atoms with Crippen LogP contribution in [0, 0.1) is 6.92 Å². The van der Waals surface area contributed by atoms with Crippen LogP contribution in [0.5, 0.6) is 5.75 Å². The Kier molecular flexibility index (Phi) is 1.98. The molecule has 1 aromatic heterocycles. The molecule has 1 heterocycles. The molecular formula is C9H10BNO3. The summed E-state index contributed by atoms with van der Waals surface area (Å²) in [4.78, 5) is 3.05. The molecule has 2 rings (SSSR count). The molecule has 0 amide bonds. The number of hydrogen-bond donors (Lipinski definition) is 4. The van der Waals surface area contributed by atoms with Gasteiger partial charge < -0.3 is 20.1 Å². The largest absolute Gasteiger partial charge is 0.508 e. The van der Waals surface area contributed by atoms with Gasteiger partial charge in [0.15, 0.2) is 0 Å². The monoisotopic (exact) mass is 191 g/mol. The third-order valence-electron chi connectivity index (χ3n) is 2.18. The zero-order valence-electron chi connectivity index (χ0n) is 7.65. The molecule has 0 saturated carbocycles. The van der Waals surface area contributed by atoms with Crippen LogP contribution in [0.3, 0.4) is 0 Å². The average molecular weight is 191 g/mol.